The molecule has 0 aliphatic heterocycles. The van der Waals surface area contributed by atoms with Crippen molar-refractivity contribution in [3.63, 3.8) is 0 Å². The summed E-state index contributed by atoms with van der Waals surface area (Å²) in [4.78, 5) is 0. The molecule has 0 amide bonds. The van der Waals surface area contributed by atoms with E-state index < -0.39 is 0 Å². The first-order valence-electron chi connectivity index (χ1n) is 4.46. The highest BCUT2D eigenvalue weighted by atomic mass is 35.5. The van der Waals surface area contributed by atoms with E-state index in [0.717, 1.165) is 11.5 Å². The Labute approximate surface area is 94.5 Å². The normalized spacial score (nSPS) is 9.73. The number of hydrogen-bond donors (Lipinski definition) is 1. The van der Waals surface area contributed by atoms with Crippen LogP contribution in [0.2, 0.25) is 0 Å². The van der Waals surface area contributed by atoms with Gasteiger partial charge in [-0.25, -0.2) is 0 Å². The highest BCUT2D eigenvalue weighted by Crippen LogP contribution is 2.03. The number of hydrogen-bond acceptors (Lipinski definition) is 3. The second-order valence-electron chi connectivity index (χ2n) is 3.21. The fourth-order valence-corrected chi connectivity index (χ4v) is 1.25. The molecule has 0 aromatic carbocycles. The fraction of sp³-hybridized carbons (Fsp3) is 0.333. The minimum Gasteiger partial charge on any atom is -0.363 e. The van der Waals surface area contributed by atoms with Crippen molar-refractivity contribution in [3.05, 3.63) is 30.2 Å². The highest BCUT2D eigenvalue weighted by molar-refractivity contribution is 5.85. The van der Waals surface area contributed by atoms with Gasteiger partial charge in [-0.3, -0.25) is 9.36 Å². The second-order valence-corrected chi connectivity index (χ2v) is 3.21. The van der Waals surface area contributed by atoms with Crippen LogP contribution in [-0.2, 0) is 20.6 Å². The van der Waals surface area contributed by atoms with E-state index in [-0.39, 0.29) is 12.4 Å². The van der Waals surface area contributed by atoms with Crippen molar-refractivity contribution >= 4 is 18.2 Å². The van der Waals surface area contributed by atoms with Gasteiger partial charge in [0.25, 0.3) is 0 Å². The number of halogens is 1. The van der Waals surface area contributed by atoms with Crippen LogP contribution in [0, 0.1) is 0 Å². The van der Waals surface area contributed by atoms with Gasteiger partial charge < -0.3 is 5.32 Å². The summed E-state index contributed by atoms with van der Waals surface area (Å²) in [5, 5.41) is 11.6. The zero-order valence-corrected chi connectivity index (χ0v) is 9.53. The van der Waals surface area contributed by atoms with Crippen molar-refractivity contribution in [1.29, 1.82) is 0 Å². The third kappa shape index (κ3) is 2.99. The molecule has 0 aliphatic rings. The summed E-state index contributed by atoms with van der Waals surface area (Å²) in [5.74, 6) is 0.873. The van der Waals surface area contributed by atoms with E-state index in [9.17, 15) is 0 Å². The molecule has 0 unspecified atom stereocenters. The van der Waals surface area contributed by atoms with Crippen LogP contribution in [0.25, 0.3) is 0 Å². The maximum Gasteiger partial charge on any atom is 0.148 e. The molecule has 2 aromatic heterocycles. The summed E-state index contributed by atoms with van der Waals surface area (Å²) in [7, 11) is 3.80. The Morgan fingerprint density at radius 3 is 2.33 bits per heavy atom. The first kappa shape index (κ1) is 11.6. The van der Waals surface area contributed by atoms with Crippen molar-refractivity contribution in [2.45, 2.75) is 6.54 Å². The maximum atomic E-state index is 4.25. The summed E-state index contributed by atoms with van der Waals surface area (Å²) in [5.41, 5.74) is 1.01. The Morgan fingerprint density at radius 1 is 1.13 bits per heavy atom. The third-order valence-electron chi connectivity index (χ3n) is 1.93. The van der Waals surface area contributed by atoms with Gasteiger partial charge in [0.15, 0.2) is 0 Å². The third-order valence-corrected chi connectivity index (χ3v) is 1.93. The number of nitrogens with zero attached hydrogens (tertiary/aromatic N) is 4. The zero-order chi connectivity index (χ0) is 9.97. The van der Waals surface area contributed by atoms with Crippen molar-refractivity contribution in [2.75, 3.05) is 5.32 Å². The molecular weight excluding hydrogens is 214 g/mol. The summed E-state index contributed by atoms with van der Waals surface area (Å²) >= 11 is 0. The molecule has 0 radical (unpaired) electrons. The monoisotopic (exact) mass is 227 g/mol. The first-order chi connectivity index (χ1) is 6.74. The molecule has 0 bridgehead atoms. The topological polar surface area (TPSA) is 47.7 Å². The molecule has 0 spiro atoms. The molecule has 0 saturated carbocycles. The molecule has 0 atom stereocenters. The molecule has 2 rings (SSSR count). The molecule has 5 nitrogen and oxygen atoms in total. The Bertz CT molecular complexity index is 379. The Balaban J connectivity index is 0.00000112. The molecule has 0 saturated heterocycles. The molecule has 0 fully saturated rings. The lowest BCUT2D eigenvalue weighted by Gasteiger charge is -1.98. The fourth-order valence-electron chi connectivity index (χ4n) is 1.25. The lowest BCUT2D eigenvalue weighted by atomic mass is 10.4. The van der Waals surface area contributed by atoms with Crippen LogP contribution in [0.4, 0.5) is 5.82 Å². The number of rotatable bonds is 3. The van der Waals surface area contributed by atoms with Crippen LogP contribution in [0.5, 0.6) is 0 Å². The van der Waals surface area contributed by atoms with Crippen molar-refractivity contribution in [1.82, 2.24) is 19.6 Å². The predicted octanol–water partition coefficient (Wildman–Crippen LogP) is 1.19. The Hall–Kier alpha value is -1.49. The van der Waals surface area contributed by atoms with Gasteiger partial charge in [-0.05, 0) is 6.07 Å². The molecular formula is C9H14ClN5. The molecule has 2 aromatic rings. The molecule has 1 N–H and O–H groups in total. The van der Waals surface area contributed by atoms with E-state index in [1.807, 2.05) is 38.6 Å². The number of anilines is 1. The van der Waals surface area contributed by atoms with Gasteiger partial charge in [0.2, 0.25) is 0 Å². The van der Waals surface area contributed by atoms with E-state index in [2.05, 4.69) is 15.5 Å². The summed E-state index contributed by atoms with van der Waals surface area (Å²) in [6.45, 7) is 0.706. The molecule has 15 heavy (non-hydrogen) atoms. The van der Waals surface area contributed by atoms with E-state index in [0.29, 0.717) is 6.54 Å². The van der Waals surface area contributed by atoms with Crippen LogP contribution >= 0.6 is 12.4 Å². The molecule has 6 heteroatoms. The van der Waals surface area contributed by atoms with Crippen molar-refractivity contribution in [3.8, 4) is 0 Å². The highest BCUT2D eigenvalue weighted by Gasteiger charge is 1.98. The standard InChI is InChI=1S/C9H13N5.ClH/c1-13-5-3-8(11-13)7-10-9-4-6-14(2)12-9;/h3-6H,7H2,1-2H3,(H,10,12);1H. The average molecular weight is 228 g/mol. The molecule has 0 aliphatic carbocycles. The lowest BCUT2D eigenvalue weighted by molar-refractivity contribution is 0.743. The van der Waals surface area contributed by atoms with Gasteiger partial charge in [0, 0.05) is 32.6 Å². The van der Waals surface area contributed by atoms with Gasteiger partial charge in [-0.1, -0.05) is 0 Å². The van der Waals surface area contributed by atoms with Crippen LogP contribution in [0.1, 0.15) is 5.69 Å². The van der Waals surface area contributed by atoms with Crippen molar-refractivity contribution in [2.24, 2.45) is 14.1 Å². The van der Waals surface area contributed by atoms with E-state index in [4.69, 9.17) is 0 Å². The van der Waals surface area contributed by atoms with Gasteiger partial charge in [-0.2, -0.15) is 10.2 Å². The summed E-state index contributed by atoms with van der Waals surface area (Å²) < 4.78 is 3.55. The lowest BCUT2D eigenvalue weighted by Crippen LogP contribution is -2.02. The van der Waals surface area contributed by atoms with Crippen LogP contribution < -0.4 is 5.32 Å². The maximum absolute atomic E-state index is 4.25. The van der Waals surface area contributed by atoms with Crippen molar-refractivity contribution < 1.29 is 0 Å². The number of aromatic nitrogens is 4. The first-order valence-corrected chi connectivity index (χ1v) is 4.46. The van der Waals surface area contributed by atoms with E-state index in [1.54, 1.807) is 9.36 Å². The average Bonchev–Trinajstić information content (AvgIpc) is 2.72. The van der Waals surface area contributed by atoms with E-state index in [1.165, 1.54) is 0 Å². The number of nitrogens with one attached hydrogen (secondary N) is 1. The van der Waals surface area contributed by atoms with Gasteiger partial charge >= 0.3 is 0 Å². The minimum absolute atomic E-state index is 0. The largest absolute Gasteiger partial charge is 0.363 e. The van der Waals surface area contributed by atoms with Crippen LogP contribution in [0.3, 0.4) is 0 Å². The second kappa shape index (κ2) is 4.84. The smallest absolute Gasteiger partial charge is 0.148 e. The number of aryl methyl sites for hydroxylation is 2. The van der Waals surface area contributed by atoms with E-state index >= 15 is 0 Å². The van der Waals surface area contributed by atoms with Crippen LogP contribution in [-0.4, -0.2) is 19.6 Å². The predicted molar refractivity (Wildman–Crippen MR) is 61.0 cm³/mol. The summed E-state index contributed by atoms with van der Waals surface area (Å²) in [6.07, 6.45) is 3.83. The summed E-state index contributed by atoms with van der Waals surface area (Å²) in [6, 6.07) is 3.92. The molecule has 82 valence electrons. The minimum atomic E-state index is 0. The van der Waals surface area contributed by atoms with Gasteiger partial charge in [0.1, 0.15) is 5.82 Å². The quantitative estimate of drug-likeness (QED) is 0.857. The van der Waals surface area contributed by atoms with Gasteiger partial charge in [0.05, 0.1) is 12.2 Å². The van der Waals surface area contributed by atoms with Gasteiger partial charge in [-0.15, -0.1) is 12.4 Å². The molecule has 2 heterocycles. The Kier molecular flexibility index (Phi) is 3.74. The Morgan fingerprint density at radius 2 is 1.80 bits per heavy atom. The zero-order valence-electron chi connectivity index (χ0n) is 8.71. The van der Waals surface area contributed by atoms with Crippen LogP contribution in [0.15, 0.2) is 24.5 Å². The SMILES string of the molecule is Cl.Cn1ccc(CNc2ccn(C)n2)n1.